The van der Waals surface area contributed by atoms with Gasteiger partial charge in [0.25, 0.3) is 10.2 Å². The summed E-state index contributed by atoms with van der Waals surface area (Å²) in [6.07, 6.45) is 2.11. The highest BCUT2D eigenvalue weighted by Crippen LogP contribution is 1.97. The monoisotopic (exact) mass is 214 g/mol. The fourth-order valence-electron chi connectivity index (χ4n) is 0.570. The molecule has 0 saturated heterocycles. The lowest BCUT2D eigenvalue weighted by molar-refractivity contribution is 0.579. The second kappa shape index (κ2) is 4.90. The molecule has 0 radical (unpaired) electrons. The largest absolute Gasteiger partial charge is 0.274 e. The molecule has 2 atom stereocenters. The summed E-state index contributed by atoms with van der Waals surface area (Å²) in [6, 6.07) is 0. The number of rotatable bonds is 5. The summed E-state index contributed by atoms with van der Waals surface area (Å²) >= 11 is 0. The Bertz CT molecular complexity index is 249. The van der Waals surface area contributed by atoms with E-state index in [2.05, 4.69) is 9.86 Å². The maximum absolute atomic E-state index is 10.8. The first kappa shape index (κ1) is 12.0. The van der Waals surface area contributed by atoms with Crippen molar-refractivity contribution in [1.82, 2.24) is 4.72 Å². The molecule has 0 rings (SSSR count). The summed E-state index contributed by atoms with van der Waals surface area (Å²) in [7, 11) is -4.51. The summed E-state index contributed by atoms with van der Waals surface area (Å²) in [4.78, 5) is 0. The zero-order valence-corrected chi connectivity index (χ0v) is 8.74. The lowest BCUT2D eigenvalue weighted by Crippen LogP contribution is -2.33. The van der Waals surface area contributed by atoms with E-state index in [9.17, 15) is 12.6 Å². The van der Waals surface area contributed by atoms with Crippen LogP contribution in [-0.4, -0.2) is 30.7 Å². The van der Waals surface area contributed by atoms with E-state index < -0.39 is 21.0 Å². The fourth-order valence-corrected chi connectivity index (χ4v) is 1.42. The first-order chi connectivity index (χ1) is 5.33. The number of nitrogens with two attached hydrogens (primary N) is 1. The van der Waals surface area contributed by atoms with Crippen LogP contribution in [0.5, 0.6) is 0 Å². The molecule has 2 unspecified atom stereocenters. The highest BCUT2D eigenvalue weighted by molar-refractivity contribution is 7.87. The van der Waals surface area contributed by atoms with Crippen LogP contribution in [0, 0.1) is 0 Å². The Morgan fingerprint density at radius 1 is 1.58 bits per heavy atom. The third-order valence-corrected chi connectivity index (χ3v) is 3.40. The van der Waals surface area contributed by atoms with Crippen LogP contribution in [0.2, 0.25) is 0 Å². The molecular weight excluding hydrogens is 200 g/mol. The van der Waals surface area contributed by atoms with Crippen molar-refractivity contribution in [1.29, 1.82) is 0 Å². The van der Waals surface area contributed by atoms with Crippen LogP contribution in [0.15, 0.2) is 0 Å². The topological polar surface area (TPSA) is 89.3 Å². The highest BCUT2D eigenvalue weighted by atomic mass is 32.2. The van der Waals surface area contributed by atoms with Gasteiger partial charge in [-0.1, -0.05) is 6.92 Å². The Kier molecular flexibility index (Phi) is 4.91. The molecule has 0 heterocycles. The molecule has 0 aromatic heterocycles. The molecule has 0 aliphatic carbocycles. The minimum absolute atomic E-state index is 0.0146. The van der Waals surface area contributed by atoms with Gasteiger partial charge in [0.15, 0.2) is 0 Å². The van der Waals surface area contributed by atoms with Crippen LogP contribution in [0.25, 0.3) is 0 Å². The van der Waals surface area contributed by atoms with Crippen LogP contribution in [-0.2, 0) is 21.0 Å². The van der Waals surface area contributed by atoms with E-state index in [1.165, 1.54) is 0 Å². The summed E-state index contributed by atoms with van der Waals surface area (Å²) in [5.41, 5.74) is 0. The summed E-state index contributed by atoms with van der Waals surface area (Å²) < 4.78 is 33.7. The van der Waals surface area contributed by atoms with Crippen molar-refractivity contribution in [2.75, 3.05) is 12.8 Å². The first-order valence-electron chi connectivity index (χ1n) is 3.42. The Balaban J connectivity index is 3.65. The molecule has 74 valence electrons. The van der Waals surface area contributed by atoms with E-state index in [0.29, 0.717) is 6.42 Å². The summed E-state index contributed by atoms with van der Waals surface area (Å²) in [5.74, 6) is 0. The van der Waals surface area contributed by atoms with Gasteiger partial charge in [-0.2, -0.15) is 8.42 Å². The molecule has 0 aliphatic heterocycles. The summed E-state index contributed by atoms with van der Waals surface area (Å²) in [6.45, 7) is 2.03. The third kappa shape index (κ3) is 6.71. The van der Waals surface area contributed by atoms with Gasteiger partial charge in [0, 0.05) is 28.9 Å². The standard InChI is InChI=1S/C5H14N2O3S2/c1-5(11(2)8)3-4-7-12(6,9)10/h5,7H,3-4H2,1-2H3,(H2,6,9,10). The molecule has 12 heavy (non-hydrogen) atoms. The van der Waals surface area contributed by atoms with Gasteiger partial charge in [0.05, 0.1) is 0 Å². The van der Waals surface area contributed by atoms with Crippen molar-refractivity contribution in [3.05, 3.63) is 0 Å². The van der Waals surface area contributed by atoms with Gasteiger partial charge in [-0.15, -0.1) is 0 Å². The van der Waals surface area contributed by atoms with Crippen LogP contribution >= 0.6 is 0 Å². The molecule has 0 aromatic carbocycles. The van der Waals surface area contributed by atoms with E-state index >= 15 is 0 Å². The molecule has 0 bridgehead atoms. The first-order valence-corrected chi connectivity index (χ1v) is 6.59. The lowest BCUT2D eigenvalue weighted by Gasteiger charge is -2.07. The van der Waals surface area contributed by atoms with Crippen molar-refractivity contribution >= 4 is 21.0 Å². The van der Waals surface area contributed by atoms with Gasteiger partial charge < -0.3 is 0 Å². The maximum atomic E-state index is 10.8. The van der Waals surface area contributed by atoms with E-state index in [0.717, 1.165) is 0 Å². The Morgan fingerprint density at radius 2 is 2.08 bits per heavy atom. The molecule has 7 heteroatoms. The van der Waals surface area contributed by atoms with E-state index in [1.54, 1.807) is 13.2 Å². The van der Waals surface area contributed by atoms with Gasteiger partial charge in [-0.25, -0.2) is 9.86 Å². The average molecular weight is 214 g/mol. The van der Waals surface area contributed by atoms with Gasteiger partial charge >= 0.3 is 0 Å². The number of hydrogen-bond donors (Lipinski definition) is 2. The maximum Gasteiger partial charge on any atom is 0.274 e. The van der Waals surface area contributed by atoms with Gasteiger partial charge in [0.2, 0.25) is 0 Å². The molecule has 0 saturated carbocycles. The van der Waals surface area contributed by atoms with Crippen LogP contribution < -0.4 is 9.86 Å². The Labute approximate surface area is 75.4 Å². The minimum atomic E-state index is -3.59. The van der Waals surface area contributed by atoms with Crippen molar-refractivity contribution in [2.24, 2.45) is 5.14 Å². The van der Waals surface area contributed by atoms with Crippen molar-refractivity contribution in [3.8, 4) is 0 Å². The van der Waals surface area contributed by atoms with Crippen LogP contribution in [0.1, 0.15) is 13.3 Å². The minimum Gasteiger partial charge on any atom is -0.260 e. The van der Waals surface area contributed by atoms with E-state index in [1.807, 2.05) is 0 Å². The quantitative estimate of drug-likeness (QED) is 0.611. The van der Waals surface area contributed by atoms with Crippen molar-refractivity contribution < 1.29 is 12.6 Å². The molecule has 0 fully saturated rings. The average Bonchev–Trinajstić information content (AvgIpc) is 1.84. The van der Waals surface area contributed by atoms with Gasteiger partial charge in [-0.3, -0.25) is 4.21 Å². The van der Waals surface area contributed by atoms with Crippen molar-refractivity contribution in [3.63, 3.8) is 0 Å². The van der Waals surface area contributed by atoms with Crippen molar-refractivity contribution in [2.45, 2.75) is 18.6 Å². The van der Waals surface area contributed by atoms with Gasteiger partial charge in [-0.05, 0) is 6.42 Å². The molecule has 0 spiro atoms. The predicted octanol–water partition coefficient (Wildman–Crippen LogP) is -1.06. The molecule has 5 nitrogen and oxygen atoms in total. The lowest BCUT2D eigenvalue weighted by atomic mass is 10.3. The zero-order valence-electron chi connectivity index (χ0n) is 7.11. The van der Waals surface area contributed by atoms with Crippen LogP contribution in [0.3, 0.4) is 0 Å². The number of hydrogen-bond acceptors (Lipinski definition) is 3. The molecule has 0 aromatic rings. The number of nitrogens with one attached hydrogen (secondary N) is 1. The zero-order chi connectivity index (χ0) is 9.78. The normalized spacial score (nSPS) is 17.2. The fraction of sp³-hybridized carbons (Fsp3) is 1.00. The summed E-state index contributed by atoms with van der Waals surface area (Å²) in [5, 5.41) is 4.67. The van der Waals surface area contributed by atoms with Gasteiger partial charge in [0.1, 0.15) is 0 Å². The second-order valence-electron chi connectivity index (χ2n) is 2.54. The molecule has 0 aliphatic rings. The van der Waals surface area contributed by atoms with Crippen LogP contribution in [0.4, 0.5) is 0 Å². The third-order valence-electron chi connectivity index (χ3n) is 1.42. The SMILES string of the molecule is CC(CCNS(N)(=O)=O)S(C)=O. The highest BCUT2D eigenvalue weighted by Gasteiger charge is 2.07. The Morgan fingerprint density at radius 3 is 2.42 bits per heavy atom. The molecule has 3 N–H and O–H groups in total. The predicted molar refractivity (Wildman–Crippen MR) is 49.3 cm³/mol. The van der Waals surface area contributed by atoms with E-state index in [4.69, 9.17) is 0 Å². The Hall–Kier alpha value is 0.0200. The smallest absolute Gasteiger partial charge is 0.260 e. The van der Waals surface area contributed by atoms with E-state index in [-0.39, 0.29) is 11.8 Å². The second-order valence-corrected chi connectivity index (χ2v) is 5.72. The molecule has 0 amide bonds. The molecular formula is C5H14N2O3S2.